The molecule has 0 aliphatic carbocycles. The maximum atomic E-state index is 5.94. The van der Waals surface area contributed by atoms with Gasteiger partial charge in [0.05, 0.1) is 12.7 Å². The molecule has 0 saturated carbocycles. The minimum atomic E-state index is 0.259. The molecule has 1 aromatic heterocycles. The average Bonchev–Trinajstić information content (AvgIpc) is 2.33. The molecule has 17 heavy (non-hydrogen) atoms. The van der Waals surface area contributed by atoms with Gasteiger partial charge in [-0.2, -0.15) is 0 Å². The van der Waals surface area contributed by atoms with Crippen molar-refractivity contribution in [1.82, 2.24) is 9.88 Å². The van der Waals surface area contributed by atoms with Gasteiger partial charge in [0.2, 0.25) is 0 Å². The molecule has 0 aromatic carbocycles. The van der Waals surface area contributed by atoms with Crippen molar-refractivity contribution in [3.63, 3.8) is 0 Å². The van der Waals surface area contributed by atoms with Gasteiger partial charge in [0.15, 0.2) is 0 Å². The summed E-state index contributed by atoms with van der Waals surface area (Å²) in [7, 11) is 0. The van der Waals surface area contributed by atoms with Gasteiger partial charge in [0.25, 0.3) is 0 Å². The number of ether oxygens (including phenoxy) is 1. The molecule has 2 atom stereocenters. The molecule has 0 radical (unpaired) electrons. The predicted molar refractivity (Wildman–Crippen MR) is 67.8 cm³/mol. The normalized spacial score (nSPS) is 23.6. The Morgan fingerprint density at radius 3 is 3.12 bits per heavy atom. The Balaban J connectivity index is 2.18. The van der Waals surface area contributed by atoms with Crippen LogP contribution in [-0.2, 0) is 4.74 Å². The standard InChI is InChI=1S/C13H21N3O/c1-10-3-4-15-8-12(10)13(7-14)16-5-6-17-11(2)9-16/h3-4,8,11,13H,5-7,9,14H2,1-2H3. The highest BCUT2D eigenvalue weighted by Gasteiger charge is 2.25. The number of nitrogens with two attached hydrogens (primary N) is 1. The zero-order valence-electron chi connectivity index (χ0n) is 10.6. The number of hydrogen-bond acceptors (Lipinski definition) is 4. The van der Waals surface area contributed by atoms with Crippen molar-refractivity contribution >= 4 is 0 Å². The molecule has 2 unspecified atom stereocenters. The summed E-state index contributed by atoms with van der Waals surface area (Å²) < 4.78 is 5.57. The summed E-state index contributed by atoms with van der Waals surface area (Å²) in [5.41, 5.74) is 8.44. The second-order valence-electron chi connectivity index (χ2n) is 4.66. The van der Waals surface area contributed by atoms with E-state index < -0.39 is 0 Å². The van der Waals surface area contributed by atoms with Gasteiger partial charge >= 0.3 is 0 Å². The molecule has 1 fully saturated rings. The van der Waals surface area contributed by atoms with Crippen molar-refractivity contribution < 1.29 is 4.74 Å². The van der Waals surface area contributed by atoms with Crippen LogP contribution in [0.25, 0.3) is 0 Å². The molecule has 1 aromatic rings. The van der Waals surface area contributed by atoms with Crippen LogP contribution in [0.5, 0.6) is 0 Å². The topological polar surface area (TPSA) is 51.4 Å². The Morgan fingerprint density at radius 1 is 1.65 bits per heavy atom. The molecule has 0 amide bonds. The Morgan fingerprint density at radius 2 is 2.47 bits per heavy atom. The second-order valence-corrected chi connectivity index (χ2v) is 4.66. The molecule has 1 aliphatic heterocycles. The average molecular weight is 235 g/mol. The number of rotatable bonds is 3. The third-order valence-corrected chi connectivity index (χ3v) is 3.38. The number of hydrogen-bond donors (Lipinski definition) is 1. The van der Waals surface area contributed by atoms with Gasteiger partial charge < -0.3 is 10.5 Å². The molecule has 1 saturated heterocycles. The molecule has 4 heteroatoms. The first kappa shape index (κ1) is 12.5. The lowest BCUT2D eigenvalue weighted by atomic mass is 10.0. The molecule has 0 bridgehead atoms. The number of nitrogens with zero attached hydrogens (tertiary/aromatic N) is 2. The Hall–Kier alpha value is -0.970. The van der Waals surface area contributed by atoms with E-state index in [9.17, 15) is 0 Å². The molecule has 4 nitrogen and oxygen atoms in total. The summed E-state index contributed by atoms with van der Waals surface area (Å²) >= 11 is 0. The number of aryl methyl sites for hydroxylation is 1. The van der Waals surface area contributed by atoms with E-state index >= 15 is 0 Å². The zero-order chi connectivity index (χ0) is 12.3. The van der Waals surface area contributed by atoms with Gasteiger partial charge in [-0.3, -0.25) is 9.88 Å². The second kappa shape index (κ2) is 5.58. The molecule has 2 rings (SSSR count). The van der Waals surface area contributed by atoms with Crippen LogP contribution >= 0.6 is 0 Å². The van der Waals surface area contributed by atoms with E-state index in [2.05, 4.69) is 23.7 Å². The summed E-state index contributed by atoms with van der Waals surface area (Å²) in [5, 5.41) is 0. The third-order valence-electron chi connectivity index (χ3n) is 3.38. The fourth-order valence-corrected chi connectivity index (χ4v) is 2.43. The molecule has 94 valence electrons. The minimum Gasteiger partial charge on any atom is -0.376 e. The van der Waals surface area contributed by atoms with E-state index in [-0.39, 0.29) is 12.1 Å². The van der Waals surface area contributed by atoms with E-state index in [4.69, 9.17) is 10.5 Å². The van der Waals surface area contributed by atoms with E-state index in [1.807, 2.05) is 18.5 Å². The fourth-order valence-electron chi connectivity index (χ4n) is 2.43. The lowest BCUT2D eigenvalue weighted by Crippen LogP contribution is -2.45. The van der Waals surface area contributed by atoms with Crippen LogP contribution in [0, 0.1) is 6.92 Å². The van der Waals surface area contributed by atoms with Crippen LogP contribution in [0.1, 0.15) is 24.1 Å². The first-order valence-corrected chi connectivity index (χ1v) is 6.18. The molecule has 2 heterocycles. The molecule has 2 N–H and O–H groups in total. The van der Waals surface area contributed by atoms with Gasteiger partial charge in [-0.1, -0.05) is 0 Å². The Kier molecular flexibility index (Phi) is 4.10. The Labute approximate surface area is 103 Å². The van der Waals surface area contributed by atoms with E-state index in [0.717, 1.165) is 19.7 Å². The first-order chi connectivity index (χ1) is 8.22. The molecule has 0 spiro atoms. The number of aromatic nitrogens is 1. The maximum Gasteiger partial charge on any atom is 0.0674 e. The van der Waals surface area contributed by atoms with Gasteiger partial charge in [-0.15, -0.1) is 0 Å². The van der Waals surface area contributed by atoms with Gasteiger partial charge in [0.1, 0.15) is 0 Å². The fraction of sp³-hybridized carbons (Fsp3) is 0.615. The largest absolute Gasteiger partial charge is 0.376 e. The van der Waals surface area contributed by atoms with E-state index in [0.29, 0.717) is 6.54 Å². The van der Waals surface area contributed by atoms with Crippen molar-refractivity contribution in [2.75, 3.05) is 26.2 Å². The quantitative estimate of drug-likeness (QED) is 0.852. The van der Waals surface area contributed by atoms with Crippen molar-refractivity contribution in [3.8, 4) is 0 Å². The maximum absolute atomic E-state index is 5.94. The summed E-state index contributed by atoms with van der Waals surface area (Å²) in [4.78, 5) is 6.62. The smallest absolute Gasteiger partial charge is 0.0674 e. The SMILES string of the molecule is Cc1ccncc1C(CN)N1CCOC(C)C1. The van der Waals surface area contributed by atoms with Crippen molar-refractivity contribution in [2.45, 2.75) is 26.0 Å². The van der Waals surface area contributed by atoms with Gasteiger partial charge in [-0.05, 0) is 31.0 Å². The lowest BCUT2D eigenvalue weighted by molar-refractivity contribution is -0.0334. The highest BCUT2D eigenvalue weighted by molar-refractivity contribution is 5.25. The molecular formula is C13H21N3O. The summed E-state index contributed by atoms with van der Waals surface area (Å²) in [5.74, 6) is 0. The molecule has 1 aliphatic rings. The third kappa shape index (κ3) is 2.83. The highest BCUT2D eigenvalue weighted by Crippen LogP contribution is 2.24. The van der Waals surface area contributed by atoms with Crippen LogP contribution in [0.3, 0.4) is 0 Å². The van der Waals surface area contributed by atoms with Crippen LogP contribution in [0.2, 0.25) is 0 Å². The molecular weight excluding hydrogens is 214 g/mol. The summed E-state index contributed by atoms with van der Waals surface area (Å²) in [6, 6.07) is 2.30. The number of pyridine rings is 1. The summed E-state index contributed by atoms with van der Waals surface area (Å²) in [6.07, 6.45) is 4.05. The minimum absolute atomic E-state index is 0.259. The monoisotopic (exact) mass is 235 g/mol. The first-order valence-electron chi connectivity index (χ1n) is 6.18. The van der Waals surface area contributed by atoms with E-state index in [1.54, 1.807) is 0 Å². The van der Waals surface area contributed by atoms with Crippen LogP contribution in [0.15, 0.2) is 18.5 Å². The summed E-state index contributed by atoms with van der Waals surface area (Å²) in [6.45, 7) is 7.52. The van der Waals surface area contributed by atoms with Gasteiger partial charge in [0, 0.05) is 38.1 Å². The highest BCUT2D eigenvalue weighted by atomic mass is 16.5. The van der Waals surface area contributed by atoms with E-state index in [1.165, 1.54) is 11.1 Å². The lowest BCUT2D eigenvalue weighted by Gasteiger charge is -2.37. The van der Waals surface area contributed by atoms with Crippen LogP contribution < -0.4 is 5.73 Å². The van der Waals surface area contributed by atoms with Gasteiger partial charge in [-0.25, -0.2) is 0 Å². The Bertz CT molecular complexity index is 369. The number of morpholine rings is 1. The van der Waals surface area contributed by atoms with Crippen molar-refractivity contribution in [2.24, 2.45) is 5.73 Å². The zero-order valence-corrected chi connectivity index (χ0v) is 10.6. The van der Waals surface area contributed by atoms with Crippen LogP contribution in [-0.4, -0.2) is 42.2 Å². The predicted octanol–water partition coefficient (Wildman–Crippen LogP) is 1.11. The van der Waals surface area contributed by atoms with Crippen LogP contribution in [0.4, 0.5) is 0 Å². The van der Waals surface area contributed by atoms with Crippen molar-refractivity contribution in [1.29, 1.82) is 0 Å². The van der Waals surface area contributed by atoms with Crippen molar-refractivity contribution in [3.05, 3.63) is 29.6 Å².